The Kier molecular flexibility index (Phi) is 4.45. The van der Waals surface area contributed by atoms with E-state index in [4.69, 9.17) is 18.0 Å². The monoisotopic (exact) mass is 279 g/mol. The van der Waals surface area contributed by atoms with E-state index in [0.717, 1.165) is 0 Å². The van der Waals surface area contributed by atoms with Crippen molar-refractivity contribution in [2.75, 3.05) is 32.4 Å². The van der Waals surface area contributed by atoms with Crippen molar-refractivity contribution in [1.82, 2.24) is 9.21 Å². The Balaban J connectivity index is 2.58. The van der Waals surface area contributed by atoms with Gasteiger partial charge in [-0.2, -0.15) is 4.31 Å². The van der Waals surface area contributed by atoms with E-state index < -0.39 is 15.9 Å². The molecule has 17 heavy (non-hydrogen) atoms. The average Bonchev–Trinajstić information content (AvgIpc) is 2.26. The second-order valence-electron chi connectivity index (χ2n) is 4.11. The van der Waals surface area contributed by atoms with Crippen molar-refractivity contribution in [1.29, 1.82) is 0 Å². The summed E-state index contributed by atoms with van der Waals surface area (Å²) in [4.78, 5) is 13.7. The fourth-order valence-corrected chi connectivity index (χ4v) is 2.56. The van der Waals surface area contributed by atoms with E-state index in [1.54, 1.807) is 11.8 Å². The van der Waals surface area contributed by atoms with Crippen LogP contribution in [0.2, 0.25) is 0 Å². The van der Waals surface area contributed by atoms with E-state index in [-0.39, 0.29) is 10.9 Å². The Hall–Kier alpha value is -0.730. The maximum Gasteiger partial charge on any atom is 0.232 e. The van der Waals surface area contributed by atoms with Gasteiger partial charge < -0.3 is 10.6 Å². The molecule has 0 aromatic rings. The van der Waals surface area contributed by atoms with Crippen LogP contribution in [0.3, 0.4) is 0 Å². The van der Waals surface area contributed by atoms with Crippen LogP contribution in [0.4, 0.5) is 0 Å². The van der Waals surface area contributed by atoms with Crippen LogP contribution in [0, 0.1) is 5.92 Å². The third-order valence-corrected chi connectivity index (χ3v) is 4.47. The summed E-state index contributed by atoms with van der Waals surface area (Å²) in [6, 6.07) is 0. The van der Waals surface area contributed by atoms with Gasteiger partial charge in [-0.25, -0.2) is 8.42 Å². The number of piperazine rings is 1. The van der Waals surface area contributed by atoms with Gasteiger partial charge in [0.15, 0.2) is 0 Å². The summed E-state index contributed by atoms with van der Waals surface area (Å²) in [7, 11) is -3.17. The Morgan fingerprint density at radius 1 is 1.29 bits per heavy atom. The number of rotatable bonds is 3. The highest BCUT2D eigenvalue weighted by Crippen LogP contribution is 2.10. The molecule has 8 heteroatoms. The number of hydrogen-bond acceptors (Lipinski definition) is 4. The molecule has 0 aliphatic carbocycles. The van der Waals surface area contributed by atoms with Gasteiger partial charge in [0.2, 0.25) is 15.9 Å². The molecule has 0 spiro atoms. The van der Waals surface area contributed by atoms with Gasteiger partial charge in [-0.1, -0.05) is 12.2 Å². The minimum absolute atomic E-state index is 0.134. The summed E-state index contributed by atoms with van der Waals surface area (Å²) >= 11 is 4.77. The zero-order valence-electron chi connectivity index (χ0n) is 9.92. The lowest BCUT2D eigenvalue weighted by molar-refractivity contribution is -0.134. The number of nitrogens with two attached hydrogens (primary N) is 1. The number of nitrogens with zero attached hydrogens (tertiary/aromatic N) is 2. The molecule has 0 radical (unpaired) electrons. The summed E-state index contributed by atoms with van der Waals surface area (Å²) < 4.78 is 23.9. The number of thiocarbonyl (C=S) groups is 1. The van der Waals surface area contributed by atoms with Crippen molar-refractivity contribution in [3.63, 3.8) is 0 Å². The fraction of sp³-hybridized carbons (Fsp3) is 0.778. The molecule has 1 aliphatic heterocycles. The first-order valence-electron chi connectivity index (χ1n) is 5.26. The standard InChI is InChI=1S/C9H17N3O3S2/c1-7(8(10)16)9(13)11-3-5-12(6-4-11)17(2,14)15/h7H,3-6H2,1-2H3,(H2,10,16). The minimum atomic E-state index is -3.17. The lowest BCUT2D eigenvalue weighted by Crippen LogP contribution is -2.52. The SMILES string of the molecule is CC(C(=O)N1CCN(S(C)(=O)=O)CC1)C(N)=S. The van der Waals surface area contributed by atoms with Crippen LogP contribution < -0.4 is 5.73 Å². The molecule has 1 fully saturated rings. The molecule has 1 aliphatic rings. The minimum Gasteiger partial charge on any atom is -0.393 e. The quantitative estimate of drug-likeness (QED) is 0.671. The van der Waals surface area contributed by atoms with E-state index in [1.165, 1.54) is 10.6 Å². The van der Waals surface area contributed by atoms with Gasteiger partial charge in [-0.3, -0.25) is 4.79 Å². The van der Waals surface area contributed by atoms with Crippen molar-refractivity contribution in [3.05, 3.63) is 0 Å². The summed E-state index contributed by atoms with van der Waals surface area (Å²) in [6.07, 6.45) is 1.17. The first-order valence-corrected chi connectivity index (χ1v) is 7.52. The summed E-state index contributed by atoms with van der Waals surface area (Å²) in [5, 5.41) is 0. The number of carbonyl (C=O) groups excluding carboxylic acids is 1. The molecule has 2 N–H and O–H groups in total. The van der Waals surface area contributed by atoms with Crippen LogP contribution >= 0.6 is 12.2 Å². The third-order valence-electron chi connectivity index (χ3n) is 2.82. The Morgan fingerprint density at radius 2 is 1.76 bits per heavy atom. The molecule has 1 atom stereocenters. The largest absolute Gasteiger partial charge is 0.393 e. The highest BCUT2D eigenvalue weighted by Gasteiger charge is 2.28. The Bertz CT molecular complexity index is 413. The van der Waals surface area contributed by atoms with Gasteiger partial charge in [-0.05, 0) is 6.92 Å². The van der Waals surface area contributed by atoms with Crippen molar-refractivity contribution in [3.8, 4) is 0 Å². The van der Waals surface area contributed by atoms with Gasteiger partial charge in [0.25, 0.3) is 0 Å². The predicted molar refractivity (Wildman–Crippen MR) is 68.9 cm³/mol. The fourth-order valence-electron chi connectivity index (χ4n) is 1.64. The summed E-state index contributed by atoms with van der Waals surface area (Å²) in [5.41, 5.74) is 5.42. The maximum atomic E-state index is 11.9. The second-order valence-corrected chi connectivity index (χ2v) is 6.57. The van der Waals surface area contributed by atoms with Crippen molar-refractivity contribution >= 4 is 33.1 Å². The smallest absolute Gasteiger partial charge is 0.232 e. The molecule has 1 heterocycles. The topological polar surface area (TPSA) is 83.7 Å². The Labute approximate surface area is 107 Å². The third kappa shape index (κ3) is 3.62. The molecule has 0 aromatic heterocycles. The van der Waals surface area contributed by atoms with Crippen LogP contribution in [-0.2, 0) is 14.8 Å². The predicted octanol–water partition coefficient (Wildman–Crippen LogP) is -0.988. The van der Waals surface area contributed by atoms with Crippen LogP contribution in [0.5, 0.6) is 0 Å². The summed E-state index contributed by atoms with van der Waals surface area (Å²) in [5.74, 6) is -0.625. The molecule has 1 rings (SSSR count). The van der Waals surface area contributed by atoms with Gasteiger partial charge in [0, 0.05) is 26.2 Å². The number of sulfonamides is 1. The van der Waals surface area contributed by atoms with Crippen molar-refractivity contribution in [2.45, 2.75) is 6.92 Å². The van der Waals surface area contributed by atoms with Gasteiger partial charge >= 0.3 is 0 Å². The van der Waals surface area contributed by atoms with Gasteiger partial charge in [0.05, 0.1) is 17.2 Å². The first kappa shape index (κ1) is 14.3. The van der Waals surface area contributed by atoms with Gasteiger partial charge in [-0.15, -0.1) is 0 Å². The molecular weight excluding hydrogens is 262 g/mol. The molecule has 1 unspecified atom stereocenters. The molecule has 0 saturated carbocycles. The van der Waals surface area contributed by atoms with Crippen LogP contribution in [0.15, 0.2) is 0 Å². The van der Waals surface area contributed by atoms with Crippen LogP contribution in [0.25, 0.3) is 0 Å². The van der Waals surface area contributed by atoms with E-state index in [9.17, 15) is 13.2 Å². The van der Waals surface area contributed by atoms with E-state index >= 15 is 0 Å². The molecule has 0 aromatic carbocycles. The highest BCUT2D eigenvalue weighted by atomic mass is 32.2. The molecular formula is C9H17N3O3S2. The zero-order valence-corrected chi connectivity index (χ0v) is 11.6. The molecule has 1 amide bonds. The van der Waals surface area contributed by atoms with Crippen LogP contribution in [-0.4, -0.2) is 61.0 Å². The molecule has 1 saturated heterocycles. The lowest BCUT2D eigenvalue weighted by atomic mass is 10.1. The second kappa shape index (κ2) is 5.28. The number of amides is 1. The van der Waals surface area contributed by atoms with Crippen LogP contribution in [0.1, 0.15) is 6.92 Å². The number of hydrogen-bond donors (Lipinski definition) is 1. The van der Waals surface area contributed by atoms with E-state index in [2.05, 4.69) is 0 Å². The van der Waals surface area contributed by atoms with E-state index in [0.29, 0.717) is 26.2 Å². The number of carbonyl (C=O) groups is 1. The lowest BCUT2D eigenvalue weighted by Gasteiger charge is -2.34. The maximum absolute atomic E-state index is 11.9. The molecule has 0 bridgehead atoms. The summed E-state index contributed by atoms with van der Waals surface area (Å²) in [6.45, 7) is 3.09. The molecule has 6 nitrogen and oxygen atoms in total. The Morgan fingerprint density at radius 3 is 2.12 bits per heavy atom. The van der Waals surface area contributed by atoms with Crippen molar-refractivity contribution in [2.24, 2.45) is 11.7 Å². The van der Waals surface area contributed by atoms with Crippen molar-refractivity contribution < 1.29 is 13.2 Å². The van der Waals surface area contributed by atoms with E-state index in [1.807, 2.05) is 0 Å². The highest BCUT2D eigenvalue weighted by molar-refractivity contribution is 7.88. The first-order chi connectivity index (χ1) is 7.73. The van der Waals surface area contributed by atoms with Gasteiger partial charge in [0.1, 0.15) is 0 Å². The molecule has 98 valence electrons. The normalized spacial score (nSPS) is 20.0. The average molecular weight is 279 g/mol. The zero-order chi connectivity index (χ0) is 13.2.